The molecule has 0 spiro atoms. The largest absolute Gasteiger partial charge is 0.395 e. The first-order chi connectivity index (χ1) is 6.16. The van der Waals surface area contributed by atoms with Gasteiger partial charge in [0.2, 0.25) is 5.91 Å². The zero-order valence-electron chi connectivity index (χ0n) is 7.77. The summed E-state index contributed by atoms with van der Waals surface area (Å²) in [6.45, 7) is 3.45. The van der Waals surface area contributed by atoms with Crippen molar-refractivity contribution in [2.24, 2.45) is 5.73 Å². The number of hydrogen-bond donors (Lipinski definition) is 2. The number of carbonyl (C=O) groups excluding carboxylic acids is 1. The predicted octanol–water partition coefficient (Wildman–Crippen LogP) is -1.45. The van der Waals surface area contributed by atoms with Gasteiger partial charge in [-0.25, -0.2) is 0 Å². The van der Waals surface area contributed by atoms with E-state index in [1.807, 2.05) is 4.90 Å². The van der Waals surface area contributed by atoms with E-state index in [1.54, 1.807) is 6.92 Å². The quantitative estimate of drug-likeness (QED) is 0.568. The summed E-state index contributed by atoms with van der Waals surface area (Å²) >= 11 is 0. The van der Waals surface area contributed by atoms with Gasteiger partial charge in [0, 0.05) is 6.54 Å². The molecular formula is C8H16N2O3. The van der Waals surface area contributed by atoms with Crippen molar-refractivity contribution in [3.8, 4) is 0 Å². The van der Waals surface area contributed by atoms with Crippen molar-refractivity contribution in [3.63, 3.8) is 0 Å². The molecular weight excluding hydrogens is 172 g/mol. The molecule has 1 amide bonds. The molecule has 0 saturated carbocycles. The van der Waals surface area contributed by atoms with Gasteiger partial charge < -0.3 is 15.6 Å². The van der Waals surface area contributed by atoms with Gasteiger partial charge in [-0.3, -0.25) is 9.69 Å². The average molecular weight is 188 g/mol. The second-order valence-corrected chi connectivity index (χ2v) is 3.23. The Bertz CT molecular complexity index is 186. The van der Waals surface area contributed by atoms with Crippen LogP contribution in [0.3, 0.4) is 0 Å². The number of amides is 1. The van der Waals surface area contributed by atoms with Gasteiger partial charge in [-0.15, -0.1) is 0 Å². The Balaban J connectivity index is 2.58. The number of hydrogen-bond acceptors (Lipinski definition) is 4. The third kappa shape index (κ3) is 2.40. The maximum atomic E-state index is 10.9. The number of nitrogens with two attached hydrogens (primary N) is 1. The molecule has 76 valence electrons. The van der Waals surface area contributed by atoms with Crippen LogP contribution in [-0.4, -0.2) is 54.4 Å². The smallest absolute Gasteiger partial charge is 0.234 e. The normalized spacial score (nSPS) is 27.1. The number of primary amides is 1. The van der Waals surface area contributed by atoms with Crippen LogP contribution >= 0.6 is 0 Å². The Morgan fingerprint density at radius 1 is 1.85 bits per heavy atom. The summed E-state index contributed by atoms with van der Waals surface area (Å²) < 4.78 is 5.18. The van der Waals surface area contributed by atoms with Crippen LogP contribution in [0.4, 0.5) is 0 Å². The SMILES string of the molecule is CC(C(N)=O)N1CCOCC1CO. The summed E-state index contributed by atoms with van der Waals surface area (Å²) in [7, 11) is 0. The topological polar surface area (TPSA) is 75.8 Å². The third-order valence-electron chi connectivity index (χ3n) is 2.39. The average Bonchev–Trinajstić information content (AvgIpc) is 2.16. The van der Waals surface area contributed by atoms with Crippen molar-refractivity contribution >= 4 is 5.91 Å². The van der Waals surface area contributed by atoms with Crippen molar-refractivity contribution in [2.75, 3.05) is 26.4 Å². The number of rotatable bonds is 3. The van der Waals surface area contributed by atoms with Gasteiger partial charge in [-0.05, 0) is 6.92 Å². The van der Waals surface area contributed by atoms with E-state index in [1.165, 1.54) is 0 Å². The molecule has 5 heteroatoms. The van der Waals surface area contributed by atoms with Gasteiger partial charge in [0.25, 0.3) is 0 Å². The second kappa shape index (κ2) is 4.55. The van der Waals surface area contributed by atoms with E-state index >= 15 is 0 Å². The van der Waals surface area contributed by atoms with Gasteiger partial charge in [0.15, 0.2) is 0 Å². The van der Waals surface area contributed by atoms with Crippen LogP contribution in [0, 0.1) is 0 Å². The van der Waals surface area contributed by atoms with Crippen LogP contribution in [0.5, 0.6) is 0 Å². The molecule has 1 heterocycles. The van der Waals surface area contributed by atoms with E-state index in [-0.39, 0.29) is 24.6 Å². The van der Waals surface area contributed by atoms with Crippen molar-refractivity contribution in [3.05, 3.63) is 0 Å². The van der Waals surface area contributed by atoms with E-state index in [4.69, 9.17) is 15.6 Å². The first-order valence-electron chi connectivity index (χ1n) is 4.40. The van der Waals surface area contributed by atoms with E-state index in [2.05, 4.69) is 0 Å². The highest BCUT2D eigenvalue weighted by Crippen LogP contribution is 2.10. The minimum absolute atomic E-state index is 0.00236. The number of carbonyl (C=O) groups is 1. The van der Waals surface area contributed by atoms with Gasteiger partial charge in [0.1, 0.15) is 0 Å². The van der Waals surface area contributed by atoms with Crippen LogP contribution in [-0.2, 0) is 9.53 Å². The van der Waals surface area contributed by atoms with Crippen LogP contribution in [0.2, 0.25) is 0 Å². The Hall–Kier alpha value is -0.650. The van der Waals surface area contributed by atoms with Crippen molar-refractivity contribution < 1.29 is 14.6 Å². The molecule has 2 atom stereocenters. The molecule has 0 aromatic rings. The minimum Gasteiger partial charge on any atom is -0.395 e. The summed E-state index contributed by atoms with van der Waals surface area (Å²) in [5.41, 5.74) is 5.18. The Kier molecular flexibility index (Phi) is 3.65. The standard InChI is InChI=1S/C8H16N2O3/c1-6(8(9)12)10-2-3-13-5-7(10)4-11/h6-7,11H,2-5H2,1H3,(H2,9,12). The number of aliphatic hydroxyl groups is 1. The molecule has 1 aliphatic heterocycles. The zero-order chi connectivity index (χ0) is 9.84. The summed E-state index contributed by atoms with van der Waals surface area (Å²) in [5.74, 6) is -0.361. The molecule has 1 fully saturated rings. The van der Waals surface area contributed by atoms with Gasteiger partial charge in [-0.2, -0.15) is 0 Å². The monoisotopic (exact) mass is 188 g/mol. The number of nitrogens with zero attached hydrogens (tertiary/aromatic N) is 1. The summed E-state index contributed by atoms with van der Waals surface area (Å²) in [5, 5.41) is 9.02. The third-order valence-corrected chi connectivity index (χ3v) is 2.39. The fourth-order valence-corrected chi connectivity index (χ4v) is 1.50. The Morgan fingerprint density at radius 3 is 3.08 bits per heavy atom. The Labute approximate surface area is 77.5 Å². The van der Waals surface area contributed by atoms with E-state index in [9.17, 15) is 4.79 Å². The highest BCUT2D eigenvalue weighted by molar-refractivity contribution is 5.79. The molecule has 0 aromatic carbocycles. The molecule has 1 saturated heterocycles. The molecule has 5 nitrogen and oxygen atoms in total. The molecule has 1 rings (SSSR count). The second-order valence-electron chi connectivity index (χ2n) is 3.23. The highest BCUT2D eigenvalue weighted by atomic mass is 16.5. The molecule has 0 radical (unpaired) electrons. The minimum atomic E-state index is -0.361. The molecule has 0 aliphatic carbocycles. The molecule has 0 aromatic heterocycles. The highest BCUT2D eigenvalue weighted by Gasteiger charge is 2.28. The van der Waals surface area contributed by atoms with Crippen LogP contribution < -0.4 is 5.73 Å². The molecule has 13 heavy (non-hydrogen) atoms. The first kappa shape index (κ1) is 10.4. The fourth-order valence-electron chi connectivity index (χ4n) is 1.50. The molecule has 1 aliphatic rings. The van der Waals surface area contributed by atoms with Crippen molar-refractivity contribution in [1.29, 1.82) is 0 Å². The number of aliphatic hydroxyl groups excluding tert-OH is 1. The van der Waals surface area contributed by atoms with Gasteiger partial charge in [-0.1, -0.05) is 0 Å². The van der Waals surface area contributed by atoms with Crippen LogP contribution in [0.15, 0.2) is 0 Å². The first-order valence-corrected chi connectivity index (χ1v) is 4.40. The van der Waals surface area contributed by atoms with Crippen molar-refractivity contribution in [1.82, 2.24) is 4.90 Å². The number of ether oxygens (including phenoxy) is 1. The maximum Gasteiger partial charge on any atom is 0.234 e. The van der Waals surface area contributed by atoms with E-state index in [0.29, 0.717) is 19.8 Å². The molecule has 3 N–H and O–H groups in total. The molecule has 2 unspecified atom stereocenters. The number of morpholine rings is 1. The Morgan fingerprint density at radius 2 is 2.54 bits per heavy atom. The predicted molar refractivity (Wildman–Crippen MR) is 47.1 cm³/mol. The molecule has 0 bridgehead atoms. The summed E-state index contributed by atoms with van der Waals surface area (Å²) in [6, 6.07) is -0.433. The maximum absolute atomic E-state index is 10.9. The zero-order valence-corrected chi connectivity index (χ0v) is 7.77. The van der Waals surface area contributed by atoms with E-state index in [0.717, 1.165) is 0 Å². The van der Waals surface area contributed by atoms with Crippen LogP contribution in [0.25, 0.3) is 0 Å². The lowest BCUT2D eigenvalue weighted by Gasteiger charge is -2.37. The lowest BCUT2D eigenvalue weighted by atomic mass is 10.1. The van der Waals surface area contributed by atoms with Gasteiger partial charge >= 0.3 is 0 Å². The lowest BCUT2D eigenvalue weighted by Crippen LogP contribution is -2.55. The summed E-state index contributed by atoms with van der Waals surface area (Å²) in [6.07, 6.45) is 0. The fraction of sp³-hybridized carbons (Fsp3) is 0.875. The lowest BCUT2D eigenvalue weighted by molar-refractivity contribution is -0.127. The van der Waals surface area contributed by atoms with E-state index < -0.39 is 0 Å². The van der Waals surface area contributed by atoms with Gasteiger partial charge in [0.05, 0.1) is 31.9 Å². The summed E-state index contributed by atoms with van der Waals surface area (Å²) in [4.78, 5) is 12.8. The van der Waals surface area contributed by atoms with Crippen LogP contribution in [0.1, 0.15) is 6.92 Å². The van der Waals surface area contributed by atoms with Crippen molar-refractivity contribution in [2.45, 2.75) is 19.0 Å².